The topological polar surface area (TPSA) is 193 Å². The molecular weight excluding hydrogens is 334 g/mol. The summed E-state index contributed by atoms with van der Waals surface area (Å²) in [5, 5.41) is 33.4. The molecule has 2 aromatic heterocycles. The summed E-state index contributed by atoms with van der Waals surface area (Å²) in [6, 6.07) is 4.84. The van der Waals surface area contributed by atoms with Crippen molar-refractivity contribution in [2.45, 2.75) is 0 Å². The van der Waals surface area contributed by atoms with Gasteiger partial charge in [-0.15, -0.1) is 10.2 Å². The highest BCUT2D eigenvalue weighted by atomic mass is 16.6. The number of azo groups is 1. The molecule has 1 aromatic carbocycles. The third-order valence-corrected chi connectivity index (χ3v) is 3.24. The van der Waals surface area contributed by atoms with Gasteiger partial charge in [0.15, 0.2) is 11.4 Å². The molecule has 3 aromatic rings. The van der Waals surface area contributed by atoms with E-state index in [1.54, 1.807) is 0 Å². The fourth-order valence-electron chi connectivity index (χ4n) is 2.04. The lowest BCUT2D eigenvalue weighted by atomic mass is 10.2. The van der Waals surface area contributed by atoms with Crippen molar-refractivity contribution < 1.29 is 14.8 Å². The SMILES string of the molecule is Nc1cc(C(=O)N=Nc2c(O)[nH]c3ccc([N+](=O)[O-])cc23)n[nH]c1=O. The highest BCUT2D eigenvalue weighted by molar-refractivity contribution is 5.97. The fourth-order valence-corrected chi connectivity index (χ4v) is 2.04. The summed E-state index contributed by atoms with van der Waals surface area (Å²) in [6.45, 7) is 0. The van der Waals surface area contributed by atoms with Gasteiger partial charge in [-0.25, -0.2) is 5.10 Å². The number of benzene rings is 1. The Balaban J connectivity index is 2.00. The molecular formula is C13H9N7O5. The van der Waals surface area contributed by atoms with Crippen molar-refractivity contribution in [3.63, 3.8) is 0 Å². The third-order valence-electron chi connectivity index (χ3n) is 3.24. The van der Waals surface area contributed by atoms with Crippen LogP contribution in [0.15, 0.2) is 39.3 Å². The second-order valence-electron chi connectivity index (χ2n) is 4.85. The molecule has 0 saturated heterocycles. The summed E-state index contributed by atoms with van der Waals surface area (Å²) < 4.78 is 0. The van der Waals surface area contributed by atoms with E-state index in [9.17, 15) is 24.8 Å². The average Bonchev–Trinajstić information content (AvgIpc) is 2.89. The summed E-state index contributed by atoms with van der Waals surface area (Å²) in [6.07, 6.45) is 0. The predicted molar refractivity (Wildman–Crippen MR) is 84.7 cm³/mol. The van der Waals surface area contributed by atoms with Gasteiger partial charge < -0.3 is 15.8 Å². The number of aromatic nitrogens is 3. The summed E-state index contributed by atoms with van der Waals surface area (Å²) in [5.74, 6) is -1.34. The Morgan fingerprint density at radius 3 is 2.80 bits per heavy atom. The summed E-state index contributed by atoms with van der Waals surface area (Å²) in [5.41, 5.74) is 4.24. The van der Waals surface area contributed by atoms with E-state index >= 15 is 0 Å². The number of hydrogen-bond donors (Lipinski definition) is 4. The third kappa shape index (κ3) is 2.90. The van der Waals surface area contributed by atoms with Crippen LogP contribution in [0.3, 0.4) is 0 Å². The molecule has 126 valence electrons. The number of anilines is 1. The van der Waals surface area contributed by atoms with Gasteiger partial charge in [0.25, 0.3) is 11.2 Å². The Kier molecular flexibility index (Phi) is 3.69. The van der Waals surface area contributed by atoms with Crippen LogP contribution in [-0.2, 0) is 0 Å². The van der Waals surface area contributed by atoms with Crippen LogP contribution < -0.4 is 11.3 Å². The molecule has 0 aliphatic heterocycles. The average molecular weight is 343 g/mol. The smallest absolute Gasteiger partial charge is 0.315 e. The van der Waals surface area contributed by atoms with E-state index in [1.165, 1.54) is 18.2 Å². The standard InChI is InChI=1S/C13H9N7O5/c14-7-4-9(16-18-11(7)21)12(22)19-17-10-6-3-5(20(24)25)1-2-8(6)15-13(10)23/h1-4,15,23H,(H2,14,16)(H,18,21). The minimum Gasteiger partial charge on any atom is -0.493 e. The van der Waals surface area contributed by atoms with Gasteiger partial charge in [0.1, 0.15) is 5.69 Å². The van der Waals surface area contributed by atoms with Crippen molar-refractivity contribution in [1.29, 1.82) is 0 Å². The molecule has 0 fully saturated rings. The van der Waals surface area contributed by atoms with Crippen molar-refractivity contribution in [3.05, 3.63) is 50.4 Å². The maximum atomic E-state index is 11.9. The molecule has 0 saturated carbocycles. The van der Waals surface area contributed by atoms with Gasteiger partial charge in [-0.3, -0.25) is 19.7 Å². The van der Waals surface area contributed by atoms with E-state index < -0.39 is 22.3 Å². The second kappa shape index (κ2) is 5.84. The van der Waals surface area contributed by atoms with Crippen LogP contribution in [0.25, 0.3) is 10.9 Å². The molecule has 0 radical (unpaired) electrons. The lowest BCUT2D eigenvalue weighted by Gasteiger charge is -1.95. The molecule has 12 nitrogen and oxygen atoms in total. The van der Waals surface area contributed by atoms with Crippen LogP contribution in [0.5, 0.6) is 5.88 Å². The number of amides is 1. The Hall–Kier alpha value is -4.09. The number of carbonyl (C=O) groups is 1. The molecule has 5 N–H and O–H groups in total. The number of non-ortho nitro benzene ring substituents is 1. The summed E-state index contributed by atoms with van der Waals surface area (Å²) in [4.78, 5) is 35.8. The first-order valence-corrected chi connectivity index (χ1v) is 6.67. The van der Waals surface area contributed by atoms with Gasteiger partial charge in [0.2, 0.25) is 5.88 Å². The zero-order valence-electron chi connectivity index (χ0n) is 12.3. The molecule has 0 unspecified atom stereocenters. The minimum absolute atomic E-state index is 0.149. The zero-order valence-corrected chi connectivity index (χ0v) is 12.3. The quantitative estimate of drug-likeness (QED) is 0.313. The first-order valence-electron chi connectivity index (χ1n) is 6.67. The number of aromatic amines is 2. The Labute approximate surface area is 137 Å². The molecule has 0 aliphatic carbocycles. The van der Waals surface area contributed by atoms with Crippen molar-refractivity contribution in [2.24, 2.45) is 10.2 Å². The number of nitrogens with two attached hydrogens (primary N) is 1. The van der Waals surface area contributed by atoms with E-state index in [4.69, 9.17) is 5.73 Å². The van der Waals surface area contributed by atoms with Gasteiger partial charge in [-0.05, 0) is 6.07 Å². The maximum absolute atomic E-state index is 11.9. The Morgan fingerprint density at radius 1 is 1.36 bits per heavy atom. The maximum Gasteiger partial charge on any atom is 0.315 e. The number of nitrogens with zero attached hydrogens (tertiary/aromatic N) is 4. The Morgan fingerprint density at radius 2 is 2.12 bits per heavy atom. The van der Waals surface area contributed by atoms with Gasteiger partial charge >= 0.3 is 5.91 Å². The van der Waals surface area contributed by atoms with Crippen LogP contribution in [0.1, 0.15) is 10.5 Å². The zero-order chi connectivity index (χ0) is 18.1. The molecule has 0 aliphatic rings. The normalized spacial score (nSPS) is 11.2. The van der Waals surface area contributed by atoms with E-state index in [1.807, 2.05) is 5.10 Å². The number of carbonyl (C=O) groups excluding carboxylic acids is 1. The van der Waals surface area contributed by atoms with Gasteiger partial charge in [-0.2, -0.15) is 5.10 Å². The van der Waals surface area contributed by atoms with E-state index in [0.717, 1.165) is 6.07 Å². The van der Waals surface area contributed by atoms with E-state index in [0.29, 0.717) is 5.52 Å². The number of rotatable bonds is 3. The molecule has 12 heteroatoms. The van der Waals surface area contributed by atoms with Crippen molar-refractivity contribution in [1.82, 2.24) is 15.2 Å². The molecule has 0 bridgehead atoms. The van der Waals surface area contributed by atoms with Crippen LogP contribution >= 0.6 is 0 Å². The number of aromatic hydroxyl groups is 1. The predicted octanol–water partition coefficient (Wildman–Crippen LogP) is 1.37. The van der Waals surface area contributed by atoms with Crippen LogP contribution in [-0.4, -0.2) is 31.1 Å². The first-order chi connectivity index (χ1) is 11.9. The molecule has 3 rings (SSSR count). The highest BCUT2D eigenvalue weighted by Crippen LogP contribution is 2.37. The second-order valence-corrected chi connectivity index (χ2v) is 4.85. The molecule has 0 atom stereocenters. The molecule has 1 amide bonds. The molecule has 25 heavy (non-hydrogen) atoms. The van der Waals surface area contributed by atoms with Gasteiger partial charge in [0, 0.05) is 23.6 Å². The fraction of sp³-hybridized carbons (Fsp3) is 0. The van der Waals surface area contributed by atoms with Crippen molar-refractivity contribution in [2.75, 3.05) is 5.73 Å². The largest absolute Gasteiger partial charge is 0.493 e. The van der Waals surface area contributed by atoms with Gasteiger partial charge in [0.05, 0.1) is 10.4 Å². The number of H-pyrrole nitrogens is 2. The van der Waals surface area contributed by atoms with Crippen LogP contribution in [0, 0.1) is 10.1 Å². The van der Waals surface area contributed by atoms with Crippen molar-refractivity contribution in [3.8, 4) is 5.88 Å². The first kappa shape index (κ1) is 15.8. The number of nitrogens with one attached hydrogen (secondary N) is 2. The number of nitro groups is 1. The molecule has 2 heterocycles. The lowest BCUT2D eigenvalue weighted by molar-refractivity contribution is -0.384. The summed E-state index contributed by atoms with van der Waals surface area (Å²) >= 11 is 0. The van der Waals surface area contributed by atoms with Gasteiger partial charge in [-0.1, -0.05) is 0 Å². The van der Waals surface area contributed by atoms with Crippen molar-refractivity contribution >= 4 is 33.9 Å². The summed E-state index contributed by atoms with van der Waals surface area (Å²) in [7, 11) is 0. The number of fused-ring (bicyclic) bond motifs is 1. The lowest BCUT2D eigenvalue weighted by Crippen LogP contribution is -2.16. The van der Waals surface area contributed by atoms with E-state index in [-0.39, 0.29) is 28.1 Å². The van der Waals surface area contributed by atoms with Crippen LogP contribution in [0.2, 0.25) is 0 Å². The minimum atomic E-state index is -0.929. The Bertz CT molecular complexity index is 1100. The van der Waals surface area contributed by atoms with E-state index in [2.05, 4.69) is 20.3 Å². The number of nitro benzene ring substituents is 1. The monoisotopic (exact) mass is 343 g/mol. The van der Waals surface area contributed by atoms with Crippen LogP contribution in [0.4, 0.5) is 17.1 Å². The highest BCUT2D eigenvalue weighted by Gasteiger charge is 2.16. The molecule has 0 spiro atoms. The number of nitrogen functional groups attached to an aromatic ring is 1. The number of hydrogen-bond acceptors (Lipinski definition) is 8.